The van der Waals surface area contributed by atoms with E-state index in [-0.39, 0.29) is 11.2 Å². The van der Waals surface area contributed by atoms with Crippen LogP contribution in [0.1, 0.15) is 13.8 Å². The van der Waals surface area contributed by atoms with E-state index in [0.717, 1.165) is 5.69 Å². The highest BCUT2D eigenvalue weighted by atomic mass is 32.2. The normalized spacial score (nSPS) is 12.3. The summed E-state index contributed by atoms with van der Waals surface area (Å²) >= 11 is 1.29. The number of thioether (sulfide) groups is 1. The maximum Gasteiger partial charge on any atom is 0.319 e. The van der Waals surface area contributed by atoms with Crippen molar-refractivity contribution in [3.8, 4) is 5.69 Å². The maximum absolute atomic E-state index is 11.8. The van der Waals surface area contributed by atoms with E-state index in [1.807, 2.05) is 30.3 Å². The molecule has 0 bridgehead atoms. The Morgan fingerprint density at radius 1 is 1.30 bits per heavy atom. The first-order valence-corrected chi connectivity index (χ1v) is 8.03. The van der Waals surface area contributed by atoms with Gasteiger partial charge in [0.1, 0.15) is 16.6 Å². The molecule has 0 amide bonds. The van der Waals surface area contributed by atoms with Crippen molar-refractivity contribution in [3.63, 3.8) is 0 Å². The molecule has 1 unspecified atom stereocenters. The first kappa shape index (κ1) is 15.4. The zero-order valence-corrected chi connectivity index (χ0v) is 13.5. The molecule has 2 aromatic heterocycles. The summed E-state index contributed by atoms with van der Waals surface area (Å²) in [7, 11) is 0. The molecule has 1 aromatic carbocycles. The van der Waals surface area contributed by atoms with Gasteiger partial charge in [0.05, 0.1) is 12.3 Å². The molecule has 0 aliphatic rings. The van der Waals surface area contributed by atoms with Crippen molar-refractivity contribution in [1.82, 2.24) is 25.0 Å². The lowest BCUT2D eigenvalue weighted by atomic mass is 10.3. The van der Waals surface area contributed by atoms with E-state index in [9.17, 15) is 4.79 Å². The Morgan fingerprint density at radius 2 is 2.09 bits per heavy atom. The highest BCUT2D eigenvalue weighted by molar-refractivity contribution is 8.00. The summed E-state index contributed by atoms with van der Waals surface area (Å²) in [6.45, 7) is 3.91. The quantitative estimate of drug-likeness (QED) is 0.403. The molecule has 2 heterocycles. The number of fused-ring (bicyclic) bond motifs is 1. The summed E-state index contributed by atoms with van der Waals surface area (Å²) in [4.78, 5) is 20.3. The van der Waals surface area contributed by atoms with Gasteiger partial charge in [0.15, 0.2) is 11.2 Å². The van der Waals surface area contributed by atoms with Gasteiger partial charge in [-0.15, -0.1) is 5.10 Å². The summed E-state index contributed by atoms with van der Waals surface area (Å²) < 4.78 is 6.67. The zero-order valence-electron chi connectivity index (χ0n) is 12.7. The Labute approximate surface area is 137 Å². The third kappa shape index (κ3) is 3.16. The second-order valence-corrected chi connectivity index (χ2v) is 6.03. The SMILES string of the molecule is CCOC(=O)C(C)Sc1ncnc2c1nnn2-c1ccccc1. The minimum absolute atomic E-state index is 0.278. The van der Waals surface area contributed by atoms with Crippen LogP contribution < -0.4 is 0 Å². The number of carbonyl (C=O) groups excluding carboxylic acids is 1. The standard InChI is InChI=1S/C15H15N5O2S/c1-3-22-15(21)10(2)23-14-12-13(16-9-17-14)20(19-18-12)11-7-5-4-6-8-11/h4-10H,3H2,1-2H3. The summed E-state index contributed by atoms with van der Waals surface area (Å²) in [5.41, 5.74) is 2.03. The molecule has 0 saturated heterocycles. The molecule has 0 fully saturated rings. The molecule has 8 heteroatoms. The van der Waals surface area contributed by atoms with Gasteiger partial charge in [-0.05, 0) is 26.0 Å². The summed E-state index contributed by atoms with van der Waals surface area (Å²) in [5, 5.41) is 8.55. The van der Waals surface area contributed by atoms with Crippen molar-refractivity contribution in [2.75, 3.05) is 6.61 Å². The number of ether oxygens (including phenoxy) is 1. The summed E-state index contributed by atoms with van der Waals surface area (Å²) in [6.07, 6.45) is 1.45. The van der Waals surface area contributed by atoms with Crippen molar-refractivity contribution in [2.45, 2.75) is 24.1 Å². The predicted octanol–water partition coefficient (Wildman–Crippen LogP) is 2.25. The van der Waals surface area contributed by atoms with E-state index in [1.54, 1.807) is 18.5 Å². The second-order valence-electron chi connectivity index (χ2n) is 4.70. The molecule has 3 rings (SSSR count). The highest BCUT2D eigenvalue weighted by Crippen LogP contribution is 2.27. The maximum atomic E-state index is 11.8. The highest BCUT2D eigenvalue weighted by Gasteiger charge is 2.20. The number of hydrogen-bond donors (Lipinski definition) is 0. The number of benzene rings is 1. The van der Waals surface area contributed by atoms with Crippen LogP contribution in [-0.4, -0.2) is 42.8 Å². The van der Waals surface area contributed by atoms with Gasteiger partial charge in [0.25, 0.3) is 0 Å². The summed E-state index contributed by atoms with van der Waals surface area (Å²) in [5.74, 6) is -0.278. The van der Waals surface area contributed by atoms with Crippen LogP contribution >= 0.6 is 11.8 Å². The van der Waals surface area contributed by atoms with Gasteiger partial charge in [0.2, 0.25) is 0 Å². The van der Waals surface area contributed by atoms with Crippen LogP contribution in [0.4, 0.5) is 0 Å². The minimum Gasteiger partial charge on any atom is -0.465 e. The molecule has 0 N–H and O–H groups in total. The number of carbonyl (C=O) groups is 1. The molecule has 3 aromatic rings. The molecular formula is C15H15N5O2S. The van der Waals surface area contributed by atoms with Gasteiger partial charge >= 0.3 is 5.97 Å². The molecule has 118 valence electrons. The molecule has 1 atom stereocenters. The van der Waals surface area contributed by atoms with E-state index in [4.69, 9.17) is 4.74 Å². The molecule has 0 saturated carbocycles. The number of rotatable bonds is 5. The monoisotopic (exact) mass is 329 g/mol. The fourth-order valence-corrected chi connectivity index (χ4v) is 2.88. The second kappa shape index (κ2) is 6.74. The van der Waals surface area contributed by atoms with Crippen molar-refractivity contribution >= 4 is 28.9 Å². The fourth-order valence-electron chi connectivity index (χ4n) is 2.03. The number of aromatic nitrogens is 5. The topological polar surface area (TPSA) is 82.8 Å². The lowest BCUT2D eigenvalue weighted by Gasteiger charge is -2.09. The number of nitrogens with zero attached hydrogens (tertiary/aromatic N) is 5. The van der Waals surface area contributed by atoms with Crippen LogP contribution in [0.5, 0.6) is 0 Å². The molecule has 0 aliphatic heterocycles. The zero-order chi connectivity index (χ0) is 16.2. The van der Waals surface area contributed by atoms with Gasteiger partial charge in [-0.25, -0.2) is 9.97 Å². The number of para-hydroxylation sites is 1. The Bertz CT molecular complexity index is 821. The van der Waals surface area contributed by atoms with Crippen LogP contribution in [0.3, 0.4) is 0 Å². The van der Waals surface area contributed by atoms with Crippen LogP contribution in [0.15, 0.2) is 41.7 Å². The first-order valence-electron chi connectivity index (χ1n) is 7.15. The Balaban J connectivity index is 1.95. The van der Waals surface area contributed by atoms with Crippen molar-refractivity contribution in [2.24, 2.45) is 0 Å². The van der Waals surface area contributed by atoms with Crippen LogP contribution in [0, 0.1) is 0 Å². The van der Waals surface area contributed by atoms with E-state index >= 15 is 0 Å². The minimum atomic E-state index is -0.380. The average molecular weight is 329 g/mol. The van der Waals surface area contributed by atoms with Crippen LogP contribution in [0.2, 0.25) is 0 Å². The van der Waals surface area contributed by atoms with Crippen LogP contribution in [-0.2, 0) is 9.53 Å². The Hall–Kier alpha value is -2.48. The molecule has 0 aliphatic carbocycles. The molecular weight excluding hydrogens is 314 g/mol. The lowest BCUT2D eigenvalue weighted by molar-refractivity contribution is -0.142. The van der Waals surface area contributed by atoms with E-state index in [1.165, 1.54) is 18.1 Å². The van der Waals surface area contributed by atoms with Crippen molar-refractivity contribution in [1.29, 1.82) is 0 Å². The van der Waals surface area contributed by atoms with Gasteiger partial charge in [0, 0.05) is 0 Å². The van der Waals surface area contributed by atoms with E-state index in [2.05, 4.69) is 20.3 Å². The Morgan fingerprint density at radius 3 is 2.83 bits per heavy atom. The molecule has 7 nitrogen and oxygen atoms in total. The third-order valence-electron chi connectivity index (χ3n) is 3.11. The fraction of sp³-hybridized carbons (Fsp3) is 0.267. The molecule has 0 radical (unpaired) electrons. The van der Waals surface area contributed by atoms with Crippen molar-refractivity contribution in [3.05, 3.63) is 36.7 Å². The average Bonchev–Trinajstić information content (AvgIpc) is 3.01. The van der Waals surface area contributed by atoms with E-state index in [0.29, 0.717) is 22.8 Å². The van der Waals surface area contributed by atoms with Crippen LogP contribution in [0.25, 0.3) is 16.9 Å². The van der Waals surface area contributed by atoms with Gasteiger partial charge in [-0.1, -0.05) is 35.2 Å². The predicted molar refractivity (Wildman–Crippen MR) is 86.4 cm³/mol. The first-order chi connectivity index (χ1) is 11.2. The largest absolute Gasteiger partial charge is 0.465 e. The van der Waals surface area contributed by atoms with Gasteiger partial charge < -0.3 is 4.74 Å². The Kier molecular flexibility index (Phi) is 4.52. The lowest BCUT2D eigenvalue weighted by Crippen LogP contribution is -2.16. The smallest absolute Gasteiger partial charge is 0.319 e. The molecule has 0 spiro atoms. The summed E-state index contributed by atoms with van der Waals surface area (Å²) in [6, 6.07) is 9.61. The third-order valence-corrected chi connectivity index (χ3v) is 4.18. The number of esters is 1. The number of hydrogen-bond acceptors (Lipinski definition) is 7. The molecule has 23 heavy (non-hydrogen) atoms. The van der Waals surface area contributed by atoms with Gasteiger partial charge in [-0.3, -0.25) is 4.79 Å². The van der Waals surface area contributed by atoms with E-state index < -0.39 is 0 Å². The van der Waals surface area contributed by atoms with Crippen molar-refractivity contribution < 1.29 is 9.53 Å². The van der Waals surface area contributed by atoms with Gasteiger partial charge in [-0.2, -0.15) is 4.68 Å².